The van der Waals surface area contributed by atoms with Gasteiger partial charge in [0.1, 0.15) is 6.23 Å². The van der Waals surface area contributed by atoms with Crippen molar-refractivity contribution in [2.24, 2.45) is 0 Å². The van der Waals surface area contributed by atoms with E-state index < -0.39 is 15.0 Å². The van der Waals surface area contributed by atoms with Crippen LogP contribution in [0.4, 0.5) is 0 Å². The maximum absolute atomic E-state index is 11.7. The van der Waals surface area contributed by atoms with Crippen LogP contribution < -0.4 is 10.6 Å². The Morgan fingerprint density at radius 3 is 2.28 bits per heavy atom. The van der Waals surface area contributed by atoms with Gasteiger partial charge in [0, 0.05) is 46.9 Å². The van der Waals surface area contributed by atoms with Gasteiger partial charge in [0.05, 0.1) is 0 Å². The zero-order chi connectivity index (χ0) is 19.0. The Kier molecular flexibility index (Phi) is 15.4. The molecule has 0 aromatic heterocycles. The van der Waals surface area contributed by atoms with Crippen molar-refractivity contribution < 1.29 is 23.2 Å². The van der Waals surface area contributed by atoms with Crippen LogP contribution in [-0.4, -0.2) is 60.5 Å². The molecule has 150 valence electrons. The molecule has 1 unspecified atom stereocenters. The van der Waals surface area contributed by atoms with Crippen LogP contribution in [0.15, 0.2) is 0 Å². The van der Waals surface area contributed by atoms with Crippen molar-refractivity contribution in [1.29, 1.82) is 0 Å². The van der Waals surface area contributed by atoms with Gasteiger partial charge < -0.3 is 23.7 Å². The molecular weight excluding hydrogens is 340 g/mol. The van der Waals surface area contributed by atoms with Gasteiger partial charge in [-0.05, 0) is 25.7 Å². The summed E-state index contributed by atoms with van der Waals surface area (Å²) in [4.78, 5) is 11.7. The average molecular weight is 379 g/mol. The number of nitrogens with one attached hydrogen (secondary N) is 2. The second-order valence-electron chi connectivity index (χ2n) is 6.17. The van der Waals surface area contributed by atoms with Gasteiger partial charge >= 0.3 is 8.80 Å². The van der Waals surface area contributed by atoms with Crippen LogP contribution in [0.1, 0.15) is 58.3 Å². The normalized spacial score (nSPS) is 13.0. The van der Waals surface area contributed by atoms with Crippen LogP contribution in [0.25, 0.3) is 0 Å². The number of carbonyl (C=O) groups excluding carboxylic acids is 1. The molecular formula is C17H38N2O5Si. The Hall–Kier alpha value is -0.513. The van der Waals surface area contributed by atoms with Gasteiger partial charge in [-0.15, -0.1) is 0 Å². The van der Waals surface area contributed by atoms with E-state index in [9.17, 15) is 9.90 Å². The molecule has 0 aromatic carbocycles. The molecule has 25 heavy (non-hydrogen) atoms. The van der Waals surface area contributed by atoms with Gasteiger partial charge in [0.2, 0.25) is 5.91 Å². The van der Waals surface area contributed by atoms with Crippen molar-refractivity contribution >= 4 is 14.7 Å². The number of carbonyl (C=O) groups is 1. The minimum atomic E-state index is -2.59. The topological polar surface area (TPSA) is 89.1 Å². The summed E-state index contributed by atoms with van der Waals surface area (Å²) in [7, 11) is 2.14. The molecule has 1 amide bonds. The quantitative estimate of drug-likeness (QED) is 0.204. The van der Waals surface area contributed by atoms with Gasteiger partial charge in [-0.2, -0.15) is 0 Å². The van der Waals surface area contributed by atoms with Crippen LogP contribution in [0.3, 0.4) is 0 Å². The molecule has 8 heteroatoms. The van der Waals surface area contributed by atoms with Crippen molar-refractivity contribution in [3.05, 3.63) is 0 Å². The summed E-state index contributed by atoms with van der Waals surface area (Å²) >= 11 is 0. The van der Waals surface area contributed by atoms with Gasteiger partial charge in [-0.1, -0.05) is 26.2 Å². The van der Waals surface area contributed by atoms with Crippen molar-refractivity contribution in [1.82, 2.24) is 10.6 Å². The summed E-state index contributed by atoms with van der Waals surface area (Å²) in [6, 6.07) is 0.591. The smallest absolute Gasteiger partial charge is 0.379 e. The highest BCUT2D eigenvalue weighted by Gasteiger charge is 2.37. The summed E-state index contributed by atoms with van der Waals surface area (Å²) < 4.78 is 16.0. The second-order valence-corrected chi connectivity index (χ2v) is 9.26. The average Bonchev–Trinajstić information content (AvgIpc) is 2.62. The maximum atomic E-state index is 11.7. The molecule has 0 fully saturated rings. The molecule has 0 bridgehead atoms. The lowest BCUT2D eigenvalue weighted by molar-refractivity contribution is -0.121. The highest BCUT2D eigenvalue weighted by molar-refractivity contribution is 6.60. The molecule has 0 saturated carbocycles. The number of hydrogen-bond acceptors (Lipinski definition) is 6. The molecule has 0 aromatic rings. The Bertz CT molecular complexity index is 322. The van der Waals surface area contributed by atoms with Crippen LogP contribution in [0.5, 0.6) is 0 Å². The molecule has 0 radical (unpaired) electrons. The standard InChI is InChI=1S/C17H38N2O5Si/c1-5-6-7-10-13-18-16(20)11-8-9-12-17(21)19-14-15-25(22-2,23-3)24-4/h17,19,21H,5-15H2,1-4H3,(H,18,20). The van der Waals surface area contributed by atoms with E-state index in [4.69, 9.17) is 13.3 Å². The van der Waals surface area contributed by atoms with Crippen LogP contribution in [-0.2, 0) is 18.1 Å². The van der Waals surface area contributed by atoms with E-state index in [1.54, 1.807) is 21.3 Å². The lowest BCUT2D eigenvalue weighted by atomic mass is 10.1. The van der Waals surface area contributed by atoms with E-state index in [-0.39, 0.29) is 5.91 Å². The zero-order valence-corrected chi connectivity index (χ0v) is 17.4. The Balaban J connectivity index is 3.63. The number of rotatable bonds is 17. The van der Waals surface area contributed by atoms with Crippen LogP contribution >= 0.6 is 0 Å². The van der Waals surface area contributed by atoms with E-state index in [1.807, 2.05) is 0 Å². The number of aliphatic hydroxyl groups is 1. The summed E-state index contributed by atoms with van der Waals surface area (Å²) in [5, 5.41) is 15.9. The second kappa shape index (κ2) is 15.7. The fourth-order valence-corrected chi connectivity index (χ4v) is 4.10. The van der Waals surface area contributed by atoms with Gasteiger partial charge in [-0.25, -0.2) is 0 Å². The molecule has 0 aliphatic rings. The predicted octanol–water partition coefficient (Wildman–Crippen LogP) is 2.03. The third kappa shape index (κ3) is 12.5. The first kappa shape index (κ1) is 24.5. The SMILES string of the molecule is CCCCCCNC(=O)CCCCC(O)NCC[Si](OC)(OC)OC. The molecule has 3 N–H and O–H groups in total. The Labute approximate surface area is 154 Å². The highest BCUT2D eigenvalue weighted by Crippen LogP contribution is 2.11. The molecule has 0 heterocycles. The maximum Gasteiger partial charge on any atom is 0.501 e. The third-order valence-corrected chi connectivity index (χ3v) is 6.96. The lowest BCUT2D eigenvalue weighted by Gasteiger charge is -2.25. The molecule has 0 rings (SSSR count). The first-order valence-electron chi connectivity index (χ1n) is 9.37. The molecule has 0 saturated heterocycles. The lowest BCUT2D eigenvalue weighted by Crippen LogP contribution is -2.46. The minimum absolute atomic E-state index is 0.106. The number of unbranched alkanes of at least 4 members (excludes halogenated alkanes) is 4. The number of amides is 1. The summed E-state index contributed by atoms with van der Waals surface area (Å²) in [5.41, 5.74) is 0. The first-order valence-corrected chi connectivity index (χ1v) is 11.3. The van der Waals surface area contributed by atoms with Crippen molar-refractivity contribution in [3.63, 3.8) is 0 Å². The molecule has 0 aliphatic carbocycles. The van der Waals surface area contributed by atoms with Gasteiger partial charge in [0.25, 0.3) is 0 Å². The molecule has 7 nitrogen and oxygen atoms in total. The predicted molar refractivity (Wildman–Crippen MR) is 101 cm³/mol. The van der Waals surface area contributed by atoms with E-state index in [0.717, 1.165) is 25.8 Å². The van der Waals surface area contributed by atoms with Crippen molar-refractivity contribution in [2.75, 3.05) is 34.4 Å². The fraction of sp³-hybridized carbons (Fsp3) is 0.941. The Morgan fingerprint density at radius 1 is 1.00 bits per heavy atom. The van der Waals surface area contributed by atoms with E-state index in [0.29, 0.717) is 25.4 Å². The van der Waals surface area contributed by atoms with Crippen molar-refractivity contribution in [2.45, 2.75) is 70.6 Å². The summed E-state index contributed by atoms with van der Waals surface area (Å²) in [6.07, 6.45) is 6.80. The molecule has 0 spiro atoms. The largest absolute Gasteiger partial charge is 0.501 e. The number of hydrogen-bond donors (Lipinski definition) is 3. The van der Waals surface area contributed by atoms with E-state index in [1.165, 1.54) is 19.3 Å². The molecule has 0 aliphatic heterocycles. The van der Waals surface area contributed by atoms with Crippen LogP contribution in [0.2, 0.25) is 6.04 Å². The van der Waals surface area contributed by atoms with Crippen molar-refractivity contribution in [3.8, 4) is 0 Å². The summed E-state index contributed by atoms with van der Waals surface area (Å²) in [6.45, 7) is 3.50. The molecule has 1 atom stereocenters. The van der Waals surface area contributed by atoms with Crippen LogP contribution in [0, 0.1) is 0 Å². The summed E-state index contributed by atoms with van der Waals surface area (Å²) in [5.74, 6) is 0.106. The Morgan fingerprint density at radius 2 is 1.68 bits per heavy atom. The van der Waals surface area contributed by atoms with Gasteiger partial charge in [0.15, 0.2) is 0 Å². The zero-order valence-electron chi connectivity index (χ0n) is 16.4. The number of aliphatic hydroxyl groups excluding tert-OH is 1. The van der Waals surface area contributed by atoms with E-state index in [2.05, 4.69) is 17.6 Å². The van der Waals surface area contributed by atoms with Gasteiger partial charge in [-0.3, -0.25) is 10.1 Å². The third-order valence-electron chi connectivity index (χ3n) is 4.23. The highest BCUT2D eigenvalue weighted by atomic mass is 28.4. The van der Waals surface area contributed by atoms with E-state index >= 15 is 0 Å². The fourth-order valence-electron chi connectivity index (χ4n) is 2.54. The monoisotopic (exact) mass is 378 g/mol. The minimum Gasteiger partial charge on any atom is -0.379 e. The first-order chi connectivity index (χ1) is 12.0.